The Morgan fingerprint density at radius 2 is 1.92 bits per heavy atom. The Labute approximate surface area is 286 Å². The highest BCUT2D eigenvalue weighted by Crippen LogP contribution is 2.45. The largest absolute Gasteiger partial charge is 0.416 e. The molecule has 258 valence electrons. The minimum atomic E-state index is -4.59. The Kier molecular flexibility index (Phi) is 7.79. The number of piperidine rings is 1. The zero-order valence-corrected chi connectivity index (χ0v) is 27.3. The number of carbonyl (C=O) groups is 2. The predicted octanol–water partition coefficient (Wildman–Crippen LogP) is 5.00. The van der Waals surface area contributed by atoms with Crippen LogP contribution in [0.15, 0.2) is 53.6 Å². The highest BCUT2D eigenvalue weighted by molar-refractivity contribution is 6.33. The van der Waals surface area contributed by atoms with Gasteiger partial charge in [-0.2, -0.15) is 22.7 Å². The third kappa shape index (κ3) is 5.44. The molecule has 0 atom stereocenters. The molecule has 16 heteroatoms. The van der Waals surface area contributed by atoms with E-state index < -0.39 is 23.1 Å². The van der Waals surface area contributed by atoms with Crippen LogP contribution in [0.1, 0.15) is 58.8 Å². The molecular weight excluding hydrogens is 677 g/mol. The number of amides is 2. The van der Waals surface area contributed by atoms with Crippen LogP contribution in [-0.2, 0) is 34.1 Å². The van der Waals surface area contributed by atoms with Crippen molar-refractivity contribution in [3.63, 3.8) is 0 Å². The van der Waals surface area contributed by atoms with Gasteiger partial charge in [0.15, 0.2) is 11.5 Å². The summed E-state index contributed by atoms with van der Waals surface area (Å²) in [5, 5.41) is 7.85. The average Bonchev–Trinajstić information content (AvgIpc) is 3.86. The summed E-state index contributed by atoms with van der Waals surface area (Å²) >= 11 is 6.14. The van der Waals surface area contributed by atoms with Gasteiger partial charge in [0, 0.05) is 47.5 Å². The van der Waals surface area contributed by atoms with Crippen molar-refractivity contribution in [3.05, 3.63) is 92.5 Å². The molecule has 50 heavy (non-hydrogen) atoms. The van der Waals surface area contributed by atoms with E-state index >= 15 is 0 Å². The molecule has 1 spiro atoms. The molecule has 2 amide bonds. The van der Waals surface area contributed by atoms with Gasteiger partial charge in [-0.15, -0.1) is 5.10 Å². The number of fused-ring (bicyclic) bond motifs is 4. The van der Waals surface area contributed by atoms with Crippen LogP contribution in [0.2, 0.25) is 5.02 Å². The van der Waals surface area contributed by atoms with Crippen molar-refractivity contribution in [2.75, 3.05) is 31.6 Å². The number of nitrogens with zero attached hydrogens (tertiary/aromatic N) is 6. The SMILES string of the molecule is O=C(Cn1c2c(c(=O)n3nc(C4=CCOCC4)nc13)C1(CC2)CCN(C(=O)c2nccc3cc[nH]c23)CC1)Nc1ccc(C(F)(F)F)cc1Cl. The number of nitrogens with one attached hydrogen (secondary N) is 2. The summed E-state index contributed by atoms with van der Waals surface area (Å²) in [4.78, 5) is 55.4. The monoisotopic (exact) mass is 706 g/mol. The first-order valence-corrected chi connectivity index (χ1v) is 16.6. The Balaban J connectivity index is 1.13. The smallest absolute Gasteiger partial charge is 0.377 e. The lowest BCUT2D eigenvalue weighted by Crippen LogP contribution is -2.46. The molecule has 1 fully saturated rings. The number of benzene rings is 1. The number of aromatic nitrogens is 6. The van der Waals surface area contributed by atoms with E-state index in [9.17, 15) is 27.6 Å². The first-order valence-electron chi connectivity index (χ1n) is 16.2. The molecular formula is C34H30ClF3N8O4. The van der Waals surface area contributed by atoms with Gasteiger partial charge < -0.3 is 24.5 Å². The summed E-state index contributed by atoms with van der Waals surface area (Å²) < 4.78 is 48.0. The van der Waals surface area contributed by atoms with Gasteiger partial charge in [-0.25, -0.2) is 4.98 Å². The summed E-state index contributed by atoms with van der Waals surface area (Å²) in [6, 6.07) is 6.43. The van der Waals surface area contributed by atoms with Crippen molar-refractivity contribution in [2.24, 2.45) is 0 Å². The van der Waals surface area contributed by atoms with Crippen LogP contribution in [0.25, 0.3) is 22.3 Å². The van der Waals surface area contributed by atoms with E-state index in [0.29, 0.717) is 86.7 Å². The van der Waals surface area contributed by atoms with Crippen LogP contribution < -0.4 is 10.9 Å². The fourth-order valence-electron chi connectivity index (χ4n) is 7.47. The molecule has 6 heterocycles. The maximum absolute atomic E-state index is 14.3. The zero-order valence-electron chi connectivity index (χ0n) is 26.5. The van der Waals surface area contributed by atoms with Crippen molar-refractivity contribution in [2.45, 2.75) is 50.2 Å². The summed E-state index contributed by atoms with van der Waals surface area (Å²) in [7, 11) is 0. The van der Waals surface area contributed by atoms with Gasteiger partial charge in [0.05, 0.1) is 35.0 Å². The van der Waals surface area contributed by atoms with E-state index in [1.165, 1.54) is 4.52 Å². The number of hydrogen-bond acceptors (Lipinski definition) is 7. The Morgan fingerprint density at radius 1 is 1.10 bits per heavy atom. The van der Waals surface area contributed by atoms with Crippen LogP contribution in [0, 0.1) is 0 Å². The quantitative estimate of drug-likeness (QED) is 0.262. The number of H-pyrrole nitrogens is 1. The summed E-state index contributed by atoms with van der Waals surface area (Å²) in [6.45, 7) is 1.36. The lowest BCUT2D eigenvalue weighted by Gasteiger charge is -2.39. The van der Waals surface area contributed by atoms with Gasteiger partial charge in [-0.1, -0.05) is 17.7 Å². The van der Waals surface area contributed by atoms with Crippen molar-refractivity contribution in [3.8, 4) is 0 Å². The molecule has 3 aliphatic rings. The van der Waals surface area contributed by atoms with Crippen molar-refractivity contribution in [1.29, 1.82) is 0 Å². The highest BCUT2D eigenvalue weighted by Gasteiger charge is 2.46. The summed E-state index contributed by atoms with van der Waals surface area (Å²) in [6.07, 6.45) is 3.33. The van der Waals surface area contributed by atoms with E-state index in [1.807, 2.05) is 18.2 Å². The third-order valence-corrected chi connectivity index (χ3v) is 10.3. The van der Waals surface area contributed by atoms with Gasteiger partial charge in [-0.3, -0.25) is 14.4 Å². The summed E-state index contributed by atoms with van der Waals surface area (Å²) in [5.41, 5.74) is 1.22. The first-order chi connectivity index (χ1) is 24.0. The zero-order chi connectivity index (χ0) is 34.8. The van der Waals surface area contributed by atoms with Gasteiger partial charge in [0.2, 0.25) is 11.7 Å². The highest BCUT2D eigenvalue weighted by atomic mass is 35.5. The van der Waals surface area contributed by atoms with Crippen molar-refractivity contribution < 1.29 is 27.5 Å². The fraction of sp³-hybridized carbons (Fsp3) is 0.353. The second-order valence-corrected chi connectivity index (χ2v) is 13.2. The standard InChI is InChI=1S/C34H30ClF3N8O4/c35-22-17-21(34(36,37)38)1-2-23(22)41-25(47)18-45-24-3-8-33(26(24)30(48)46-32(45)42-29(43-46)20-6-15-50-16-7-20)9-13-44(14-10-33)31(49)28-27-19(4-11-39-27)5-12-40-28/h1-2,4-6,11-12,17,39H,3,7-10,13-16,18H2,(H,41,47). The molecule has 0 saturated carbocycles. The third-order valence-electron chi connectivity index (χ3n) is 10.0. The van der Waals surface area contributed by atoms with Gasteiger partial charge in [0.1, 0.15) is 6.54 Å². The number of ether oxygens (including phenoxy) is 1. The van der Waals surface area contributed by atoms with E-state index in [2.05, 4.69) is 20.4 Å². The molecule has 5 aromatic rings. The van der Waals surface area contributed by atoms with Crippen LogP contribution in [-0.4, -0.2) is 72.2 Å². The van der Waals surface area contributed by atoms with Crippen LogP contribution >= 0.6 is 11.6 Å². The molecule has 0 unspecified atom stereocenters. The number of aromatic amines is 1. The molecule has 0 radical (unpaired) electrons. The number of carbonyl (C=O) groups excluding carboxylic acids is 2. The minimum Gasteiger partial charge on any atom is -0.377 e. The number of alkyl halides is 3. The van der Waals surface area contributed by atoms with E-state index in [4.69, 9.17) is 21.3 Å². The molecule has 1 aromatic carbocycles. The predicted molar refractivity (Wildman–Crippen MR) is 177 cm³/mol. The minimum absolute atomic E-state index is 0.0194. The van der Waals surface area contributed by atoms with Crippen LogP contribution in [0.4, 0.5) is 18.9 Å². The maximum Gasteiger partial charge on any atom is 0.416 e. The maximum atomic E-state index is 14.3. The van der Waals surface area contributed by atoms with Gasteiger partial charge >= 0.3 is 6.18 Å². The van der Waals surface area contributed by atoms with Crippen LogP contribution in [0.3, 0.4) is 0 Å². The Hall–Kier alpha value is -5.02. The number of likely N-dealkylation sites (tertiary alicyclic amines) is 1. The van der Waals surface area contributed by atoms with Gasteiger partial charge in [-0.05, 0) is 68.0 Å². The van der Waals surface area contributed by atoms with Crippen molar-refractivity contribution >= 4 is 51.4 Å². The first kappa shape index (κ1) is 32.2. The molecule has 2 N–H and O–H groups in total. The molecule has 8 rings (SSSR count). The average molecular weight is 707 g/mol. The van der Waals surface area contributed by atoms with E-state index in [0.717, 1.165) is 29.2 Å². The normalized spacial score (nSPS) is 17.4. The molecule has 1 saturated heterocycles. The second-order valence-electron chi connectivity index (χ2n) is 12.8. The van der Waals surface area contributed by atoms with Crippen molar-refractivity contribution in [1.82, 2.24) is 34.0 Å². The van der Waals surface area contributed by atoms with E-state index in [-0.39, 0.29) is 34.5 Å². The lowest BCUT2D eigenvalue weighted by atomic mass is 9.74. The lowest BCUT2D eigenvalue weighted by molar-refractivity contribution is -0.137. The number of pyridine rings is 1. The molecule has 12 nitrogen and oxygen atoms in total. The fourth-order valence-corrected chi connectivity index (χ4v) is 7.69. The van der Waals surface area contributed by atoms with E-state index in [1.54, 1.807) is 21.9 Å². The second kappa shape index (κ2) is 12.1. The topological polar surface area (TPSA) is 140 Å². The summed E-state index contributed by atoms with van der Waals surface area (Å²) in [5.74, 6) is -0.223. The Morgan fingerprint density at radius 3 is 2.66 bits per heavy atom. The van der Waals surface area contributed by atoms with Crippen LogP contribution in [0.5, 0.6) is 0 Å². The molecule has 0 bridgehead atoms. The number of halogens is 4. The number of anilines is 1. The molecule has 2 aliphatic heterocycles. The Bertz CT molecular complexity index is 2280. The molecule has 1 aliphatic carbocycles. The number of hydrogen-bond donors (Lipinski definition) is 2. The van der Waals surface area contributed by atoms with Gasteiger partial charge in [0.25, 0.3) is 11.5 Å². The number of rotatable bonds is 5. The molecule has 4 aromatic heterocycles.